The van der Waals surface area contributed by atoms with Crippen LogP contribution in [0.3, 0.4) is 0 Å². The lowest BCUT2D eigenvalue weighted by molar-refractivity contribution is -0.148. The van der Waals surface area contributed by atoms with Crippen molar-refractivity contribution in [3.63, 3.8) is 0 Å². The summed E-state index contributed by atoms with van der Waals surface area (Å²) in [5.41, 5.74) is 11.2. The highest BCUT2D eigenvalue weighted by Crippen LogP contribution is 2.49. The molecule has 0 atom stereocenters. The summed E-state index contributed by atoms with van der Waals surface area (Å²) in [6, 6.07) is 32.7. The van der Waals surface area contributed by atoms with Crippen LogP contribution in [-0.2, 0) is 94.5 Å². The van der Waals surface area contributed by atoms with Crippen LogP contribution in [0, 0.1) is 0 Å². The van der Waals surface area contributed by atoms with Gasteiger partial charge in [0.1, 0.15) is 56.4 Å². The lowest BCUT2D eigenvalue weighted by Gasteiger charge is -2.47. The fraction of sp³-hybridized carbons (Fsp3) is 0.395. The molecular formula is C86H102N26O12S4. The van der Waals surface area contributed by atoms with Gasteiger partial charge in [0.2, 0.25) is 75.7 Å². The first kappa shape index (κ1) is 87.7. The smallest absolute Gasteiger partial charge is 0.264 e. The first-order valence-corrected chi connectivity index (χ1v) is 49.0. The van der Waals surface area contributed by atoms with Gasteiger partial charge in [0.25, 0.3) is 11.8 Å². The molecule has 42 heteroatoms. The summed E-state index contributed by atoms with van der Waals surface area (Å²) in [5, 5.41) is 40.3. The molecule has 14 N–H and O–H groups in total. The number of nitrogens with zero attached hydrogens (tertiary/aromatic N) is 16. The molecular weight excluding hydrogens is 1720 g/mol. The second-order valence-corrected chi connectivity index (χ2v) is 41.0. The average Bonchev–Trinajstić information content (AvgIpc) is 1.54. The van der Waals surface area contributed by atoms with Crippen LogP contribution < -0.4 is 62.7 Å². The molecule has 0 saturated heterocycles. The molecule has 4 spiro atoms. The molecule has 4 aliphatic heterocycles. The predicted molar refractivity (Wildman–Crippen MR) is 483 cm³/mol. The Kier molecular flexibility index (Phi) is 23.1. The number of amides is 4. The molecule has 8 aliphatic rings. The van der Waals surface area contributed by atoms with Crippen LogP contribution in [0.2, 0.25) is 0 Å². The molecule has 4 saturated carbocycles. The maximum atomic E-state index is 13.7. The second-order valence-electron chi connectivity index (χ2n) is 34.7. The van der Waals surface area contributed by atoms with Crippen molar-refractivity contribution in [1.29, 1.82) is 0 Å². The van der Waals surface area contributed by atoms with Gasteiger partial charge in [-0.25, -0.2) is 74.2 Å². The Morgan fingerprint density at radius 3 is 0.969 bits per heavy atom. The molecule has 4 aromatic carbocycles. The monoisotopic (exact) mass is 1820 g/mol. The summed E-state index contributed by atoms with van der Waals surface area (Å²) in [5.74, 6) is 3.62. The van der Waals surface area contributed by atoms with Crippen molar-refractivity contribution >= 4 is 166 Å². The topological polar surface area (TPSA) is 517 Å². The van der Waals surface area contributed by atoms with E-state index in [-0.39, 0.29) is 55.3 Å². The second kappa shape index (κ2) is 33.7. The van der Waals surface area contributed by atoms with Crippen molar-refractivity contribution in [2.45, 2.75) is 223 Å². The number of fused-ring (bicyclic) bond motifs is 16. The van der Waals surface area contributed by atoms with Gasteiger partial charge in [-0.3, -0.25) is 49.2 Å². The van der Waals surface area contributed by atoms with E-state index in [1.807, 2.05) is 54.9 Å². The molecule has 8 aromatic heterocycles. The number of aromatic nitrogens is 12. The zero-order valence-corrected chi connectivity index (χ0v) is 74.8. The Bertz CT molecular complexity index is 6840. The quantitative estimate of drug-likeness (QED) is 0.0483. The van der Waals surface area contributed by atoms with Gasteiger partial charge in [-0.15, -0.1) is 0 Å². The van der Waals surface area contributed by atoms with E-state index < -0.39 is 62.2 Å². The number of sulfonamides is 4. The number of hydrogen-bond donors (Lipinski definition) is 10. The van der Waals surface area contributed by atoms with Crippen molar-refractivity contribution in [3.8, 4) is 0 Å². The highest BCUT2D eigenvalue weighted by Gasteiger charge is 2.53. The first-order chi connectivity index (χ1) is 60.9. The Morgan fingerprint density at radius 1 is 0.352 bits per heavy atom. The van der Waals surface area contributed by atoms with Gasteiger partial charge >= 0.3 is 0 Å². The Hall–Kier alpha value is -12.3. The van der Waals surface area contributed by atoms with E-state index in [1.54, 1.807) is 78.3 Å². The van der Waals surface area contributed by atoms with Crippen molar-refractivity contribution in [1.82, 2.24) is 78.8 Å². The van der Waals surface area contributed by atoms with E-state index in [0.29, 0.717) is 70.9 Å². The number of nitrogens with two attached hydrogens (primary N) is 4. The lowest BCUT2D eigenvalue weighted by Crippen LogP contribution is -2.62. The van der Waals surface area contributed by atoms with Crippen LogP contribution in [0.15, 0.2) is 166 Å². The van der Waals surface area contributed by atoms with E-state index in [2.05, 4.69) is 96.3 Å². The van der Waals surface area contributed by atoms with E-state index in [4.69, 9.17) is 40.5 Å². The minimum absolute atomic E-state index is 0.00704. The molecule has 38 nitrogen and oxygen atoms in total. The lowest BCUT2D eigenvalue weighted by atomic mass is 9.78. The highest BCUT2D eigenvalue weighted by molar-refractivity contribution is 7.90. The number of carbonyl (C=O) groups is 4. The van der Waals surface area contributed by atoms with Crippen LogP contribution >= 0.6 is 0 Å². The molecule has 0 bridgehead atoms. The van der Waals surface area contributed by atoms with E-state index in [9.17, 15) is 52.8 Å². The van der Waals surface area contributed by atoms with E-state index in [0.717, 1.165) is 184 Å². The molecule has 128 heavy (non-hydrogen) atoms. The SMILES string of the molecule is CC(C)N1Cc2cc3cnc(Nc4ccc(S(N)(=O)=O)cc4)nc3n2C2(CCCCC2)C1=O.CC(C)N1NC(=O)C2(CCCCC2)n2c1cc1cnc(Nc3ccc(S(N)(=O)=O)cc3)nc12.CN1Cc2cc3cnc(Nc4ccc(S(N)(=O)=O)cc4)nc3n2C2(CCCCC2)C1=O.CN1NC(=O)C2(CCCCC2)n2c1cc1cnc(Nc3ccc(S(N)(=O)=O)cc3)nc12. The van der Waals surface area contributed by atoms with Crippen molar-refractivity contribution in [2.24, 2.45) is 20.6 Å². The molecule has 672 valence electrons. The van der Waals surface area contributed by atoms with Crippen LogP contribution in [0.1, 0.15) is 167 Å². The molecule has 12 aromatic rings. The Balaban J connectivity index is 0.000000120. The summed E-state index contributed by atoms with van der Waals surface area (Å²) in [6.07, 6.45) is 25.9. The van der Waals surface area contributed by atoms with Gasteiger partial charge in [0.05, 0.1) is 32.7 Å². The van der Waals surface area contributed by atoms with Gasteiger partial charge in [-0.1, -0.05) is 77.0 Å². The summed E-state index contributed by atoms with van der Waals surface area (Å²) in [7, 11) is -11.3. The fourth-order valence-electron chi connectivity index (χ4n) is 19.5. The summed E-state index contributed by atoms with van der Waals surface area (Å²) >= 11 is 0. The number of likely N-dealkylation sites (N-methyl/N-ethyl adjacent to an activating group) is 1. The highest BCUT2D eigenvalue weighted by atomic mass is 32.2. The van der Waals surface area contributed by atoms with E-state index in [1.165, 1.54) is 48.5 Å². The minimum Gasteiger partial charge on any atom is -0.338 e. The van der Waals surface area contributed by atoms with Gasteiger partial charge in [-0.05, 0) is 200 Å². The molecule has 4 amide bonds. The molecule has 12 heterocycles. The summed E-state index contributed by atoms with van der Waals surface area (Å²) < 4.78 is 100. The zero-order valence-electron chi connectivity index (χ0n) is 71.6. The number of nitrogens with one attached hydrogen (secondary N) is 6. The molecule has 0 unspecified atom stereocenters. The predicted octanol–water partition coefficient (Wildman–Crippen LogP) is 10.4. The number of carbonyl (C=O) groups excluding carboxylic acids is 4. The van der Waals surface area contributed by atoms with Gasteiger partial charge in [0, 0.05) is 107 Å². The average molecular weight is 1820 g/mol. The number of benzene rings is 4. The largest absolute Gasteiger partial charge is 0.338 e. The van der Waals surface area contributed by atoms with E-state index >= 15 is 0 Å². The number of hydrazine groups is 2. The zero-order chi connectivity index (χ0) is 90.4. The molecule has 0 radical (unpaired) electrons. The van der Waals surface area contributed by atoms with Crippen molar-refractivity contribution in [2.75, 3.05) is 45.4 Å². The minimum atomic E-state index is -3.76. The molecule has 4 aliphatic carbocycles. The number of primary sulfonamides is 4. The Labute approximate surface area is 739 Å². The first-order valence-electron chi connectivity index (χ1n) is 42.8. The fourth-order valence-corrected chi connectivity index (χ4v) is 21.5. The summed E-state index contributed by atoms with van der Waals surface area (Å²) in [4.78, 5) is 94.2. The normalized spacial score (nSPS) is 18.2. The molecule has 4 fully saturated rings. The maximum absolute atomic E-state index is 13.7. The van der Waals surface area contributed by atoms with Crippen LogP contribution in [-0.4, -0.2) is 151 Å². The van der Waals surface area contributed by atoms with Crippen LogP contribution in [0.25, 0.3) is 44.1 Å². The maximum Gasteiger partial charge on any atom is 0.264 e. The third kappa shape index (κ3) is 16.5. The van der Waals surface area contributed by atoms with Gasteiger partial charge < -0.3 is 40.2 Å². The molecule has 20 rings (SSSR count). The number of rotatable bonds is 14. The van der Waals surface area contributed by atoms with Gasteiger partial charge in [0.15, 0.2) is 0 Å². The third-order valence-corrected chi connectivity index (χ3v) is 29.4. The van der Waals surface area contributed by atoms with Crippen LogP contribution in [0.5, 0.6) is 0 Å². The Morgan fingerprint density at radius 2 is 0.641 bits per heavy atom. The van der Waals surface area contributed by atoms with Crippen molar-refractivity contribution in [3.05, 3.63) is 158 Å². The standard InChI is InChI=1S/C23H28N6O3S.C22H27N7O3S.C21H24N6O3S.C20H23N7O3S/c1-15(2)28-14-18-12-16-13-25-22(26-17-6-8-19(9-7-17)33(24,31)32)27-20(16)29(18)23(21(28)30)10-4-3-5-11-23;1-14(2)29-18-12-15-13-24-21(25-16-6-8-17(9-7-16)33(23,31)32)26-19(15)28(18)22(20(30)27-29)10-4-3-5-11-22;1-26-13-16-11-14-12-23-20(24-15-5-7-17(8-6-15)31(22,29)30)25-18(14)27(16)21(19(26)28)9-3-2-4-10-21;1-26-16-11-13-12-22-19(23-14-5-7-15(8-6-14)31(21,29)30)24-17(13)27(16)20(18(28)25-26)9-3-2-4-10-20/h6-9,12-13,15H,3-5,10-11,14H2,1-2H3,(H2,24,31,32)(H,25,26,27);6-9,12-14H,3-5,10-11H2,1-2H3,(H,27,30)(H2,23,31,32)(H,24,25,26);5-8,11-12H,2-4,9-10,13H2,1H3,(H2,22,29,30)(H,23,24,25);5-8,11-12H,2-4,9-10H2,1H3,(H,25,28)(H2,21,29,30)(H,22,23,24). The van der Waals surface area contributed by atoms with Gasteiger partial charge in [-0.2, -0.15) is 19.9 Å². The number of anilines is 10. The number of hydrogen-bond acceptors (Lipinski definition) is 26. The third-order valence-electron chi connectivity index (χ3n) is 25.7. The van der Waals surface area contributed by atoms with Crippen molar-refractivity contribution < 1.29 is 52.8 Å². The van der Waals surface area contributed by atoms with Crippen LogP contribution in [0.4, 0.5) is 58.2 Å². The summed E-state index contributed by atoms with van der Waals surface area (Å²) in [6.45, 7) is 9.31.